The maximum absolute atomic E-state index is 12.8. The molecule has 2 fully saturated rings. The Labute approximate surface area is 148 Å². The van der Waals surface area contributed by atoms with E-state index in [1.165, 1.54) is 6.42 Å². The Kier molecular flexibility index (Phi) is 4.46. The first-order valence-electron chi connectivity index (χ1n) is 9.15. The van der Waals surface area contributed by atoms with Crippen molar-refractivity contribution in [3.05, 3.63) is 29.6 Å². The first-order chi connectivity index (χ1) is 12.2. The van der Waals surface area contributed by atoms with Gasteiger partial charge in [0.15, 0.2) is 0 Å². The minimum atomic E-state index is -0.141. The van der Waals surface area contributed by atoms with Gasteiger partial charge in [0, 0.05) is 36.5 Å². The minimum Gasteiger partial charge on any atom is -0.463 e. The monoisotopic (exact) mass is 343 g/mol. The number of amides is 1. The van der Waals surface area contributed by atoms with Crippen molar-refractivity contribution in [2.75, 3.05) is 32.9 Å². The number of hydrogen-bond acceptors (Lipinski definition) is 5. The Bertz CT molecular complexity index is 690. The molecular weight excluding hydrogens is 318 g/mol. The topological polar surface area (TPSA) is 64.6 Å². The van der Waals surface area contributed by atoms with Crippen molar-refractivity contribution >= 4 is 5.91 Å². The van der Waals surface area contributed by atoms with Crippen LogP contribution in [0, 0.1) is 18.3 Å². The molecule has 6 nitrogen and oxygen atoms in total. The van der Waals surface area contributed by atoms with Gasteiger partial charge in [-0.3, -0.25) is 4.79 Å². The van der Waals surface area contributed by atoms with Gasteiger partial charge in [0.1, 0.15) is 6.61 Å². The van der Waals surface area contributed by atoms with E-state index in [2.05, 4.69) is 16.0 Å². The van der Waals surface area contributed by atoms with Crippen molar-refractivity contribution in [3.8, 4) is 6.01 Å². The second-order valence-corrected chi connectivity index (χ2v) is 7.50. The molecule has 3 aliphatic rings. The zero-order valence-electron chi connectivity index (χ0n) is 14.7. The predicted octanol–water partition coefficient (Wildman–Crippen LogP) is 2.14. The van der Waals surface area contributed by atoms with Gasteiger partial charge in [0.2, 0.25) is 5.91 Å². The van der Waals surface area contributed by atoms with Crippen LogP contribution in [0.4, 0.5) is 0 Å². The highest BCUT2D eigenvalue weighted by Gasteiger charge is 2.52. The largest absolute Gasteiger partial charge is 0.463 e. The van der Waals surface area contributed by atoms with E-state index >= 15 is 0 Å². The standard InChI is InChI=1S/C19H25N3O3/c1-14-7-8-20-18(21-14)25-13-19-11-22(9-16(19)10-24-12-19)17(23)15-5-3-2-4-6-15/h5,7-8,16H,2-4,6,9-13H2,1H3/t16-,19+/m0/s1. The van der Waals surface area contributed by atoms with Gasteiger partial charge in [-0.25, -0.2) is 9.97 Å². The van der Waals surface area contributed by atoms with E-state index in [9.17, 15) is 4.79 Å². The van der Waals surface area contributed by atoms with Gasteiger partial charge >= 0.3 is 6.01 Å². The molecule has 2 saturated heterocycles. The number of nitrogens with zero attached hydrogens (tertiary/aromatic N) is 3. The smallest absolute Gasteiger partial charge is 0.316 e. The quantitative estimate of drug-likeness (QED) is 0.838. The number of likely N-dealkylation sites (tertiary alicyclic amines) is 1. The van der Waals surface area contributed by atoms with Crippen LogP contribution in [0.5, 0.6) is 6.01 Å². The predicted molar refractivity (Wildman–Crippen MR) is 92.1 cm³/mol. The Morgan fingerprint density at radius 1 is 1.48 bits per heavy atom. The SMILES string of the molecule is Cc1ccnc(OC[C@@]23COC[C@@H]2CN(C(=O)C2=CCCCC2)C3)n1. The molecule has 0 unspecified atom stereocenters. The first kappa shape index (κ1) is 16.5. The Morgan fingerprint density at radius 2 is 2.40 bits per heavy atom. The summed E-state index contributed by atoms with van der Waals surface area (Å²) in [4.78, 5) is 23.3. The lowest BCUT2D eigenvalue weighted by Gasteiger charge is -2.27. The number of fused-ring (bicyclic) bond motifs is 1. The molecule has 0 spiro atoms. The van der Waals surface area contributed by atoms with Crippen molar-refractivity contribution in [2.24, 2.45) is 11.3 Å². The summed E-state index contributed by atoms with van der Waals surface area (Å²) in [6.07, 6.45) is 8.09. The lowest BCUT2D eigenvalue weighted by molar-refractivity contribution is -0.127. The third-order valence-electron chi connectivity index (χ3n) is 5.64. The van der Waals surface area contributed by atoms with Gasteiger partial charge in [-0.2, -0.15) is 0 Å². The molecule has 1 aliphatic carbocycles. The Balaban J connectivity index is 1.45. The summed E-state index contributed by atoms with van der Waals surface area (Å²) in [5.41, 5.74) is 1.73. The van der Waals surface area contributed by atoms with Gasteiger partial charge in [-0.1, -0.05) is 6.08 Å². The summed E-state index contributed by atoms with van der Waals surface area (Å²) in [5.74, 6) is 0.533. The molecule has 0 bridgehead atoms. The van der Waals surface area contributed by atoms with E-state index in [-0.39, 0.29) is 11.3 Å². The second kappa shape index (κ2) is 6.75. The third kappa shape index (κ3) is 3.27. The van der Waals surface area contributed by atoms with Gasteiger partial charge in [0.25, 0.3) is 0 Å². The Morgan fingerprint density at radius 3 is 3.20 bits per heavy atom. The zero-order chi connectivity index (χ0) is 17.3. The van der Waals surface area contributed by atoms with Crippen LogP contribution in [-0.2, 0) is 9.53 Å². The summed E-state index contributed by atoms with van der Waals surface area (Å²) >= 11 is 0. The van der Waals surface area contributed by atoms with Gasteiger partial charge < -0.3 is 14.4 Å². The average molecular weight is 343 g/mol. The number of aryl methyl sites for hydroxylation is 1. The second-order valence-electron chi connectivity index (χ2n) is 7.50. The fraction of sp³-hybridized carbons (Fsp3) is 0.632. The van der Waals surface area contributed by atoms with Crippen LogP contribution >= 0.6 is 0 Å². The number of hydrogen-bond donors (Lipinski definition) is 0. The van der Waals surface area contributed by atoms with Crippen LogP contribution in [0.25, 0.3) is 0 Å². The van der Waals surface area contributed by atoms with Crippen LogP contribution in [0.2, 0.25) is 0 Å². The van der Waals surface area contributed by atoms with Crippen molar-refractivity contribution in [3.63, 3.8) is 0 Å². The van der Waals surface area contributed by atoms with Crippen LogP contribution in [0.15, 0.2) is 23.9 Å². The average Bonchev–Trinajstić information content (AvgIpc) is 3.17. The molecule has 134 valence electrons. The van der Waals surface area contributed by atoms with Crippen molar-refractivity contribution in [1.82, 2.24) is 14.9 Å². The van der Waals surface area contributed by atoms with E-state index in [0.717, 1.165) is 37.1 Å². The normalized spacial score (nSPS) is 28.6. The lowest BCUT2D eigenvalue weighted by atomic mass is 9.82. The number of rotatable bonds is 4. The number of allylic oxidation sites excluding steroid dienone is 1. The van der Waals surface area contributed by atoms with Gasteiger partial charge in [-0.15, -0.1) is 0 Å². The third-order valence-corrected chi connectivity index (χ3v) is 5.64. The molecule has 1 amide bonds. The molecule has 1 aromatic rings. The van der Waals surface area contributed by atoms with E-state index in [1.807, 2.05) is 17.9 Å². The number of carbonyl (C=O) groups is 1. The van der Waals surface area contributed by atoms with Crippen LogP contribution < -0.4 is 4.74 Å². The highest BCUT2D eigenvalue weighted by atomic mass is 16.5. The molecule has 3 heterocycles. The first-order valence-corrected chi connectivity index (χ1v) is 9.15. The van der Waals surface area contributed by atoms with Crippen LogP contribution in [0.3, 0.4) is 0 Å². The molecular formula is C19H25N3O3. The molecule has 25 heavy (non-hydrogen) atoms. The molecule has 4 rings (SSSR count). The van der Waals surface area contributed by atoms with Crippen LogP contribution in [0.1, 0.15) is 31.4 Å². The maximum Gasteiger partial charge on any atom is 0.316 e. The zero-order valence-corrected chi connectivity index (χ0v) is 14.7. The summed E-state index contributed by atoms with van der Waals surface area (Å²) in [7, 11) is 0. The van der Waals surface area contributed by atoms with Crippen molar-refractivity contribution in [2.45, 2.75) is 32.6 Å². The number of carbonyl (C=O) groups excluding carboxylic acids is 1. The van der Waals surface area contributed by atoms with Crippen molar-refractivity contribution in [1.29, 1.82) is 0 Å². The van der Waals surface area contributed by atoms with E-state index < -0.39 is 0 Å². The van der Waals surface area contributed by atoms with E-state index in [4.69, 9.17) is 9.47 Å². The fourth-order valence-corrected chi connectivity index (χ4v) is 4.13. The van der Waals surface area contributed by atoms with Gasteiger partial charge in [-0.05, 0) is 38.7 Å². The number of ether oxygens (including phenoxy) is 2. The molecule has 0 aromatic carbocycles. The highest BCUT2D eigenvalue weighted by Crippen LogP contribution is 2.42. The number of aromatic nitrogens is 2. The van der Waals surface area contributed by atoms with Crippen molar-refractivity contribution < 1.29 is 14.3 Å². The summed E-state index contributed by atoms with van der Waals surface area (Å²) in [5, 5.41) is 0. The maximum atomic E-state index is 12.8. The molecule has 0 radical (unpaired) electrons. The molecule has 2 atom stereocenters. The summed E-state index contributed by atoms with van der Waals surface area (Å²) in [6, 6.07) is 2.25. The molecule has 1 aromatic heterocycles. The van der Waals surface area contributed by atoms with Gasteiger partial charge in [0.05, 0.1) is 18.6 Å². The lowest BCUT2D eigenvalue weighted by Crippen LogP contribution is -2.38. The highest BCUT2D eigenvalue weighted by molar-refractivity contribution is 5.93. The molecule has 2 aliphatic heterocycles. The summed E-state index contributed by atoms with van der Waals surface area (Å²) in [6.45, 7) is 5.19. The molecule has 6 heteroatoms. The fourth-order valence-electron chi connectivity index (χ4n) is 4.13. The molecule has 0 N–H and O–H groups in total. The molecule has 0 saturated carbocycles. The Hall–Kier alpha value is -1.95. The summed E-state index contributed by atoms with van der Waals surface area (Å²) < 4.78 is 11.6. The van der Waals surface area contributed by atoms with E-state index in [0.29, 0.717) is 38.3 Å². The van der Waals surface area contributed by atoms with Crippen LogP contribution in [-0.4, -0.2) is 53.7 Å². The minimum absolute atomic E-state index is 0.141. The van der Waals surface area contributed by atoms with E-state index in [1.54, 1.807) is 6.20 Å².